The Hall–Kier alpha value is -2.82. The van der Waals surface area contributed by atoms with Crippen LogP contribution in [-0.4, -0.2) is 0 Å². The molecule has 2 aliphatic carbocycles. The van der Waals surface area contributed by atoms with E-state index in [4.69, 9.17) is 4.74 Å². The second-order valence-electron chi connectivity index (χ2n) is 12.0. The maximum Gasteiger partial charge on any atom is 0.191 e. The first-order valence-electron chi connectivity index (χ1n) is 15.1. The second-order valence-corrected chi connectivity index (χ2v) is 12.0. The molecule has 3 aromatic carbocycles. The quantitative estimate of drug-likeness (QED) is 0.180. The average molecular weight is 553 g/mol. The van der Waals surface area contributed by atoms with Crippen LogP contribution in [0.4, 0.5) is 17.6 Å². The summed E-state index contributed by atoms with van der Waals surface area (Å²) in [5, 5.41) is 0. The zero-order chi connectivity index (χ0) is 28.1. The third-order valence-corrected chi connectivity index (χ3v) is 9.24. The molecule has 1 unspecified atom stereocenters. The lowest BCUT2D eigenvalue weighted by Gasteiger charge is -2.42. The maximum absolute atomic E-state index is 15.3. The topological polar surface area (TPSA) is 9.23 Å². The summed E-state index contributed by atoms with van der Waals surface area (Å²) in [6, 6.07) is 13.6. The van der Waals surface area contributed by atoms with Crippen LogP contribution in [-0.2, 0) is 6.61 Å². The van der Waals surface area contributed by atoms with E-state index in [-0.39, 0.29) is 18.1 Å². The van der Waals surface area contributed by atoms with E-state index in [0.29, 0.717) is 11.5 Å². The Balaban J connectivity index is 1.25. The predicted molar refractivity (Wildman–Crippen MR) is 152 cm³/mol. The van der Waals surface area contributed by atoms with Crippen molar-refractivity contribution in [1.29, 1.82) is 0 Å². The molecule has 40 heavy (non-hydrogen) atoms. The Bertz CT molecular complexity index is 1230. The van der Waals surface area contributed by atoms with Gasteiger partial charge in [-0.25, -0.2) is 17.6 Å². The number of hydrogen-bond acceptors (Lipinski definition) is 1. The van der Waals surface area contributed by atoms with E-state index in [0.717, 1.165) is 48.8 Å². The van der Waals surface area contributed by atoms with Gasteiger partial charge in [-0.3, -0.25) is 0 Å². The fraction of sp³-hybridized carbons (Fsp3) is 0.486. The summed E-state index contributed by atoms with van der Waals surface area (Å²) < 4.78 is 65.6. The van der Waals surface area contributed by atoms with E-state index in [9.17, 15) is 8.78 Å². The molecule has 2 aliphatic rings. The van der Waals surface area contributed by atoms with Crippen LogP contribution in [0.25, 0.3) is 11.1 Å². The molecule has 0 heterocycles. The molecule has 0 aromatic heterocycles. The highest BCUT2D eigenvalue weighted by molar-refractivity contribution is 5.66. The number of rotatable bonds is 10. The summed E-state index contributed by atoms with van der Waals surface area (Å²) in [4.78, 5) is 0. The van der Waals surface area contributed by atoms with Crippen molar-refractivity contribution in [3.63, 3.8) is 0 Å². The first-order chi connectivity index (χ1) is 19.4. The Morgan fingerprint density at radius 2 is 1.40 bits per heavy atom. The van der Waals surface area contributed by atoms with E-state index in [1.165, 1.54) is 63.5 Å². The molecule has 0 amide bonds. The Morgan fingerprint density at radius 1 is 0.725 bits per heavy atom. The van der Waals surface area contributed by atoms with E-state index in [1.807, 2.05) is 6.07 Å². The molecule has 0 aliphatic heterocycles. The van der Waals surface area contributed by atoms with Gasteiger partial charge in [0.05, 0.1) is 5.56 Å². The molecule has 4 atom stereocenters. The van der Waals surface area contributed by atoms with Crippen LogP contribution < -0.4 is 4.74 Å². The van der Waals surface area contributed by atoms with Crippen molar-refractivity contribution >= 4 is 0 Å². The van der Waals surface area contributed by atoms with Crippen LogP contribution >= 0.6 is 0 Å². The van der Waals surface area contributed by atoms with E-state index < -0.39 is 34.6 Å². The van der Waals surface area contributed by atoms with Gasteiger partial charge < -0.3 is 4.74 Å². The monoisotopic (exact) mass is 552 g/mol. The Kier molecular flexibility index (Phi) is 9.49. The number of unbranched alkanes of at least 4 members (excludes halogenated alkanes) is 3. The van der Waals surface area contributed by atoms with Crippen LogP contribution in [0.2, 0.25) is 0 Å². The standard InChI is InChI=1S/C35H40F4O/c1-2-3-4-6-9-23-12-13-26-17-27(15-14-25(26)16-23)28-18-30(36)34(31(37)19-28)29-20-32(38)35(33(39)21-29)40-22-24-10-7-5-8-11-24/h5,7-8,10-11,18-21,23,25-27H,2-4,6,9,12-17,22H2,1H3/t23?,25-,26-,27-/m1/s1. The van der Waals surface area contributed by atoms with Crippen molar-refractivity contribution in [3.05, 3.63) is 89.0 Å². The molecule has 0 saturated heterocycles. The third-order valence-electron chi connectivity index (χ3n) is 9.24. The van der Waals surface area contributed by atoms with Gasteiger partial charge >= 0.3 is 0 Å². The SMILES string of the molecule is CCCCCCC1CC[C@@H]2C[C@H](c3cc(F)c(-c4cc(F)c(OCc5ccccc5)c(F)c4)c(F)c3)CC[C@@H]2C1. The smallest absolute Gasteiger partial charge is 0.191 e. The van der Waals surface area contributed by atoms with Gasteiger partial charge in [0.1, 0.15) is 18.2 Å². The largest absolute Gasteiger partial charge is 0.483 e. The van der Waals surface area contributed by atoms with Gasteiger partial charge in [0.15, 0.2) is 17.4 Å². The highest BCUT2D eigenvalue weighted by atomic mass is 19.1. The van der Waals surface area contributed by atoms with E-state index in [2.05, 4.69) is 6.92 Å². The van der Waals surface area contributed by atoms with Gasteiger partial charge in [-0.1, -0.05) is 75.8 Å². The van der Waals surface area contributed by atoms with Gasteiger partial charge in [0.25, 0.3) is 0 Å². The summed E-state index contributed by atoms with van der Waals surface area (Å²) in [5.74, 6) is -1.83. The van der Waals surface area contributed by atoms with Gasteiger partial charge in [-0.05, 0) is 96.7 Å². The number of hydrogen-bond donors (Lipinski definition) is 0. The van der Waals surface area contributed by atoms with Crippen molar-refractivity contribution < 1.29 is 22.3 Å². The van der Waals surface area contributed by atoms with Crippen molar-refractivity contribution in [2.75, 3.05) is 0 Å². The van der Waals surface area contributed by atoms with Crippen LogP contribution in [0.15, 0.2) is 54.6 Å². The molecule has 0 radical (unpaired) electrons. The molecular weight excluding hydrogens is 512 g/mol. The number of benzene rings is 3. The Morgan fingerprint density at radius 3 is 2.10 bits per heavy atom. The van der Waals surface area contributed by atoms with Crippen molar-refractivity contribution in [2.45, 2.75) is 90.1 Å². The molecule has 0 spiro atoms. The third kappa shape index (κ3) is 6.72. The molecular formula is C35H40F4O. The summed E-state index contributed by atoms with van der Waals surface area (Å²) in [6.45, 7) is 2.23. The van der Waals surface area contributed by atoms with Crippen LogP contribution in [0, 0.1) is 41.0 Å². The van der Waals surface area contributed by atoms with Gasteiger partial charge in [0.2, 0.25) is 0 Å². The van der Waals surface area contributed by atoms with Crippen LogP contribution in [0.1, 0.15) is 94.6 Å². The lowest BCUT2D eigenvalue weighted by Crippen LogP contribution is -2.30. The summed E-state index contributed by atoms with van der Waals surface area (Å²) >= 11 is 0. The fourth-order valence-corrected chi connectivity index (χ4v) is 7.09. The van der Waals surface area contributed by atoms with E-state index >= 15 is 8.78 Å². The number of halogens is 4. The highest BCUT2D eigenvalue weighted by Gasteiger charge is 2.36. The lowest BCUT2D eigenvalue weighted by molar-refractivity contribution is 0.113. The predicted octanol–water partition coefficient (Wildman–Crippen LogP) is 10.8. The van der Waals surface area contributed by atoms with Crippen molar-refractivity contribution in [2.24, 2.45) is 17.8 Å². The minimum atomic E-state index is -0.993. The molecule has 5 rings (SSSR count). The second kappa shape index (κ2) is 13.2. The first-order valence-corrected chi connectivity index (χ1v) is 15.1. The summed E-state index contributed by atoms with van der Waals surface area (Å²) in [7, 11) is 0. The van der Waals surface area contributed by atoms with Crippen LogP contribution in [0.5, 0.6) is 5.75 Å². The van der Waals surface area contributed by atoms with Gasteiger partial charge in [0, 0.05) is 0 Å². The Labute approximate surface area is 236 Å². The molecule has 5 heteroatoms. The van der Waals surface area contributed by atoms with E-state index in [1.54, 1.807) is 24.3 Å². The molecule has 214 valence electrons. The molecule has 0 N–H and O–H groups in total. The van der Waals surface area contributed by atoms with Crippen molar-refractivity contribution in [3.8, 4) is 16.9 Å². The summed E-state index contributed by atoms with van der Waals surface area (Å²) in [6.07, 6.45) is 13.4. The maximum atomic E-state index is 15.3. The normalized spacial score (nSPS) is 22.6. The van der Waals surface area contributed by atoms with Crippen molar-refractivity contribution in [1.82, 2.24) is 0 Å². The summed E-state index contributed by atoms with van der Waals surface area (Å²) in [5.41, 5.74) is 0.822. The molecule has 1 nitrogen and oxygen atoms in total. The van der Waals surface area contributed by atoms with Gasteiger partial charge in [-0.2, -0.15) is 0 Å². The zero-order valence-electron chi connectivity index (χ0n) is 23.4. The van der Waals surface area contributed by atoms with Gasteiger partial charge in [-0.15, -0.1) is 0 Å². The zero-order valence-corrected chi connectivity index (χ0v) is 23.4. The molecule has 0 bridgehead atoms. The molecule has 3 aromatic rings. The fourth-order valence-electron chi connectivity index (χ4n) is 7.09. The highest BCUT2D eigenvalue weighted by Crippen LogP contribution is 2.49. The minimum absolute atomic E-state index is 0.0195. The number of fused-ring (bicyclic) bond motifs is 1. The van der Waals surface area contributed by atoms with Crippen LogP contribution in [0.3, 0.4) is 0 Å². The first kappa shape index (κ1) is 28.7. The lowest BCUT2D eigenvalue weighted by atomic mass is 9.63. The minimum Gasteiger partial charge on any atom is -0.483 e. The number of ether oxygens (including phenoxy) is 1. The average Bonchev–Trinajstić information content (AvgIpc) is 2.95. The molecule has 2 saturated carbocycles. The molecule has 2 fully saturated rings.